The number of benzene rings is 2. The van der Waals surface area contributed by atoms with E-state index in [1.54, 1.807) is 18.2 Å². The standard InChI is InChI=1S/C21H25FN2O/c1-24(17-14-18-6-3-2-4-7-18)16-5-15-23-21(25)13-10-19-8-11-20(22)12-9-19/h2-4,6-13H,5,14-17H2,1H3,(H,23,25)/b13-10+. The summed E-state index contributed by atoms with van der Waals surface area (Å²) in [6.45, 7) is 2.58. The number of rotatable bonds is 9. The highest BCUT2D eigenvalue weighted by Gasteiger charge is 2.00. The first-order valence-electron chi connectivity index (χ1n) is 8.57. The van der Waals surface area contributed by atoms with E-state index in [4.69, 9.17) is 0 Å². The van der Waals surface area contributed by atoms with Crippen LogP contribution in [0.5, 0.6) is 0 Å². The van der Waals surface area contributed by atoms with Crippen LogP contribution in [-0.4, -0.2) is 37.5 Å². The number of amides is 1. The van der Waals surface area contributed by atoms with Crippen LogP contribution in [0.25, 0.3) is 6.08 Å². The average molecular weight is 340 g/mol. The summed E-state index contributed by atoms with van der Waals surface area (Å²) in [6, 6.07) is 16.5. The zero-order valence-corrected chi connectivity index (χ0v) is 14.6. The minimum absolute atomic E-state index is 0.128. The first-order valence-corrected chi connectivity index (χ1v) is 8.57. The molecule has 0 bridgehead atoms. The van der Waals surface area contributed by atoms with Gasteiger partial charge in [-0.05, 0) is 55.8 Å². The molecule has 2 aromatic rings. The van der Waals surface area contributed by atoms with Crippen LogP contribution >= 0.6 is 0 Å². The summed E-state index contributed by atoms with van der Waals surface area (Å²) in [5.74, 6) is -0.408. The topological polar surface area (TPSA) is 32.3 Å². The van der Waals surface area contributed by atoms with Crippen LogP contribution in [0.1, 0.15) is 17.5 Å². The highest BCUT2D eigenvalue weighted by molar-refractivity contribution is 5.91. The number of likely N-dealkylation sites (N-methyl/N-ethyl adjacent to an activating group) is 1. The van der Waals surface area contributed by atoms with E-state index in [1.165, 1.54) is 23.8 Å². The molecule has 0 heterocycles. The number of carbonyl (C=O) groups is 1. The Morgan fingerprint density at radius 2 is 1.80 bits per heavy atom. The maximum absolute atomic E-state index is 12.8. The van der Waals surface area contributed by atoms with Gasteiger partial charge in [-0.3, -0.25) is 4.79 Å². The van der Waals surface area contributed by atoms with Gasteiger partial charge in [0, 0.05) is 19.2 Å². The van der Waals surface area contributed by atoms with Crippen LogP contribution in [0.2, 0.25) is 0 Å². The molecule has 0 radical (unpaired) electrons. The normalized spacial score (nSPS) is 11.2. The largest absolute Gasteiger partial charge is 0.353 e. The lowest BCUT2D eigenvalue weighted by molar-refractivity contribution is -0.116. The molecule has 25 heavy (non-hydrogen) atoms. The molecular formula is C21H25FN2O. The molecule has 0 atom stereocenters. The molecule has 1 N–H and O–H groups in total. The van der Waals surface area contributed by atoms with Crippen molar-refractivity contribution >= 4 is 12.0 Å². The first-order chi connectivity index (χ1) is 12.1. The van der Waals surface area contributed by atoms with E-state index < -0.39 is 0 Å². The van der Waals surface area contributed by atoms with Gasteiger partial charge in [-0.25, -0.2) is 4.39 Å². The molecule has 0 aliphatic carbocycles. The van der Waals surface area contributed by atoms with Crippen LogP contribution < -0.4 is 5.32 Å². The predicted octanol–water partition coefficient (Wildman–Crippen LogP) is 3.52. The van der Waals surface area contributed by atoms with E-state index in [2.05, 4.69) is 41.5 Å². The van der Waals surface area contributed by atoms with E-state index in [1.807, 2.05) is 6.07 Å². The van der Waals surface area contributed by atoms with E-state index in [9.17, 15) is 9.18 Å². The predicted molar refractivity (Wildman–Crippen MR) is 101 cm³/mol. The van der Waals surface area contributed by atoms with Crippen molar-refractivity contribution in [2.24, 2.45) is 0 Å². The molecule has 1 amide bonds. The molecule has 0 aromatic heterocycles. The Bertz CT molecular complexity index is 668. The second kappa shape index (κ2) is 10.4. The fourth-order valence-corrected chi connectivity index (χ4v) is 2.44. The monoisotopic (exact) mass is 340 g/mol. The molecule has 0 spiro atoms. The fourth-order valence-electron chi connectivity index (χ4n) is 2.44. The number of hydrogen-bond acceptors (Lipinski definition) is 2. The van der Waals surface area contributed by atoms with Crippen molar-refractivity contribution in [3.8, 4) is 0 Å². The number of nitrogens with zero attached hydrogens (tertiary/aromatic N) is 1. The smallest absolute Gasteiger partial charge is 0.243 e. The molecule has 0 aliphatic rings. The first kappa shape index (κ1) is 18.9. The Labute approximate surface area is 149 Å². The third-order valence-electron chi connectivity index (χ3n) is 3.94. The lowest BCUT2D eigenvalue weighted by Crippen LogP contribution is -2.28. The third-order valence-corrected chi connectivity index (χ3v) is 3.94. The van der Waals surface area contributed by atoms with Crippen molar-refractivity contribution in [1.82, 2.24) is 10.2 Å². The zero-order valence-electron chi connectivity index (χ0n) is 14.6. The van der Waals surface area contributed by atoms with E-state index in [0.29, 0.717) is 6.54 Å². The number of carbonyl (C=O) groups excluding carboxylic acids is 1. The molecule has 2 aromatic carbocycles. The summed E-state index contributed by atoms with van der Waals surface area (Å²) in [4.78, 5) is 14.0. The Kier molecular flexibility index (Phi) is 7.86. The van der Waals surface area contributed by atoms with E-state index >= 15 is 0 Å². The molecule has 132 valence electrons. The van der Waals surface area contributed by atoms with Gasteiger partial charge < -0.3 is 10.2 Å². The van der Waals surface area contributed by atoms with Gasteiger partial charge in [-0.1, -0.05) is 42.5 Å². The lowest BCUT2D eigenvalue weighted by atomic mass is 10.1. The van der Waals surface area contributed by atoms with Crippen LogP contribution in [-0.2, 0) is 11.2 Å². The average Bonchev–Trinajstić information content (AvgIpc) is 2.64. The van der Waals surface area contributed by atoms with Gasteiger partial charge in [0.05, 0.1) is 0 Å². The number of nitrogens with one attached hydrogen (secondary N) is 1. The van der Waals surface area contributed by atoms with Crippen LogP contribution in [0.4, 0.5) is 4.39 Å². The van der Waals surface area contributed by atoms with Gasteiger partial charge in [0.25, 0.3) is 0 Å². The van der Waals surface area contributed by atoms with Crippen molar-refractivity contribution in [3.05, 3.63) is 77.6 Å². The van der Waals surface area contributed by atoms with Crippen molar-refractivity contribution in [2.45, 2.75) is 12.8 Å². The molecular weight excluding hydrogens is 315 g/mol. The van der Waals surface area contributed by atoms with Gasteiger partial charge in [0.15, 0.2) is 0 Å². The summed E-state index contributed by atoms with van der Waals surface area (Å²) < 4.78 is 12.8. The Hall–Kier alpha value is -2.46. The van der Waals surface area contributed by atoms with Crippen LogP contribution in [0.3, 0.4) is 0 Å². The highest BCUT2D eigenvalue weighted by Crippen LogP contribution is 2.04. The number of halogens is 1. The van der Waals surface area contributed by atoms with Crippen molar-refractivity contribution in [1.29, 1.82) is 0 Å². The Morgan fingerprint density at radius 1 is 1.08 bits per heavy atom. The molecule has 0 saturated heterocycles. The van der Waals surface area contributed by atoms with Crippen LogP contribution in [0.15, 0.2) is 60.7 Å². The molecule has 3 nitrogen and oxygen atoms in total. The molecule has 0 unspecified atom stereocenters. The van der Waals surface area contributed by atoms with E-state index in [0.717, 1.165) is 31.5 Å². The van der Waals surface area contributed by atoms with Crippen molar-refractivity contribution in [3.63, 3.8) is 0 Å². The number of hydrogen-bond donors (Lipinski definition) is 1. The molecule has 4 heteroatoms. The molecule has 0 fully saturated rings. The van der Waals surface area contributed by atoms with Gasteiger partial charge in [-0.15, -0.1) is 0 Å². The second-order valence-corrected chi connectivity index (χ2v) is 6.07. The Balaban J connectivity index is 1.58. The van der Waals surface area contributed by atoms with Crippen LogP contribution in [0, 0.1) is 5.82 Å². The van der Waals surface area contributed by atoms with Gasteiger partial charge in [0.1, 0.15) is 5.82 Å². The highest BCUT2D eigenvalue weighted by atomic mass is 19.1. The zero-order chi connectivity index (χ0) is 17.9. The molecule has 0 saturated carbocycles. The summed E-state index contributed by atoms with van der Waals surface area (Å²) in [7, 11) is 2.10. The minimum Gasteiger partial charge on any atom is -0.353 e. The minimum atomic E-state index is -0.280. The third kappa shape index (κ3) is 7.77. The van der Waals surface area contributed by atoms with Crippen molar-refractivity contribution < 1.29 is 9.18 Å². The van der Waals surface area contributed by atoms with E-state index in [-0.39, 0.29) is 11.7 Å². The fraction of sp³-hybridized carbons (Fsp3) is 0.286. The van der Waals surface area contributed by atoms with Gasteiger partial charge in [0.2, 0.25) is 5.91 Å². The lowest BCUT2D eigenvalue weighted by Gasteiger charge is -2.16. The SMILES string of the molecule is CN(CCCNC(=O)/C=C/c1ccc(F)cc1)CCc1ccccc1. The van der Waals surface area contributed by atoms with Gasteiger partial charge in [-0.2, -0.15) is 0 Å². The summed E-state index contributed by atoms with van der Waals surface area (Å²) in [5, 5.41) is 2.87. The molecule has 0 aliphatic heterocycles. The summed E-state index contributed by atoms with van der Waals surface area (Å²) in [5.41, 5.74) is 2.14. The van der Waals surface area contributed by atoms with Crippen molar-refractivity contribution in [2.75, 3.05) is 26.7 Å². The summed E-state index contributed by atoms with van der Waals surface area (Å²) >= 11 is 0. The summed E-state index contributed by atoms with van der Waals surface area (Å²) in [6.07, 6.45) is 5.10. The maximum Gasteiger partial charge on any atom is 0.243 e. The Morgan fingerprint density at radius 3 is 2.52 bits per heavy atom. The maximum atomic E-state index is 12.8. The quantitative estimate of drug-likeness (QED) is 0.559. The second-order valence-electron chi connectivity index (χ2n) is 6.07. The van der Waals surface area contributed by atoms with Gasteiger partial charge >= 0.3 is 0 Å². The molecule has 2 rings (SSSR count).